The van der Waals surface area contributed by atoms with Gasteiger partial charge >= 0.3 is 32.1 Å². The first-order chi connectivity index (χ1) is 18.4. The molecule has 4 aromatic heterocycles. The van der Waals surface area contributed by atoms with Crippen LogP contribution in [0.3, 0.4) is 0 Å². The molecule has 5 rings (SSSR count). The quantitative estimate of drug-likeness (QED) is 0.178. The van der Waals surface area contributed by atoms with Crippen LogP contribution in [0.5, 0.6) is 0 Å². The fraction of sp³-hybridized carbons (Fsp3) is 0.167. The van der Waals surface area contributed by atoms with Crippen LogP contribution in [0.4, 0.5) is 26.3 Å². The molecule has 4 heterocycles. The van der Waals surface area contributed by atoms with Crippen LogP contribution in [0.1, 0.15) is 11.6 Å². The van der Waals surface area contributed by atoms with Crippen LogP contribution in [-0.4, -0.2) is 53.7 Å². The number of alkyl halides is 6. The molecule has 5 aromatic rings. The minimum Gasteiger partial charge on any atom is -0.255 e. The van der Waals surface area contributed by atoms with Crippen molar-refractivity contribution in [1.82, 2.24) is 40.3 Å². The van der Waals surface area contributed by atoms with E-state index in [1.807, 2.05) is 10.2 Å². The second-order valence-electron chi connectivity index (χ2n) is 7.67. The third kappa shape index (κ3) is 9.88. The normalized spacial score (nSPS) is 11.0. The zero-order valence-electron chi connectivity index (χ0n) is 20.8. The molecule has 0 aliphatic carbocycles. The van der Waals surface area contributed by atoms with Crippen LogP contribution < -0.4 is 5.30 Å². The molecule has 0 aliphatic rings. The topological polar surface area (TPSA) is 109 Å². The summed E-state index contributed by atoms with van der Waals surface area (Å²) in [6.45, 7) is 4.54. The molecule has 0 amide bonds. The Balaban J connectivity index is 0.000000215. The largest absolute Gasteiger partial charge is 2.00 e. The van der Waals surface area contributed by atoms with Gasteiger partial charge in [-0.2, -0.15) is 36.5 Å². The predicted octanol–water partition coefficient (Wildman–Crippen LogP) is 5.82. The molecule has 2 N–H and O–H groups in total. The monoisotopic (exact) mass is 758 g/mol. The van der Waals surface area contributed by atoms with Crippen LogP contribution in [0.25, 0.3) is 23.0 Å². The van der Waals surface area contributed by atoms with Gasteiger partial charge in [-0.3, -0.25) is 20.2 Å². The van der Waals surface area contributed by atoms with Gasteiger partial charge in [-0.15, -0.1) is 0 Å². The number of nitrogens with one attached hydrogen (secondary N) is 2. The molecule has 0 radical (unpaired) electrons. The Labute approximate surface area is 238 Å². The van der Waals surface area contributed by atoms with Gasteiger partial charge in [0.15, 0.2) is 11.6 Å². The Hall–Kier alpha value is -3.55. The van der Waals surface area contributed by atoms with Gasteiger partial charge < -0.3 is 0 Å². The van der Waals surface area contributed by atoms with Crippen molar-refractivity contribution in [3.63, 3.8) is 0 Å². The standard InChI is InChI=1S/2C8H5F3N4.C8H11P.Os/c2*9-8(10,11)7-13-6(14-15-7)5-3-1-2-4-12-5;1-9(2)8-6-4-3-5-7-8;/h2*1-4H,(H,13,14,15);3-7H,1-2H3;/q;;;+2. The summed E-state index contributed by atoms with van der Waals surface area (Å²) in [4.78, 5) is 14.3. The summed E-state index contributed by atoms with van der Waals surface area (Å²) in [5.74, 6) is -2.38. The minimum atomic E-state index is -4.51. The zero-order valence-corrected chi connectivity index (χ0v) is 24.2. The van der Waals surface area contributed by atoms with E-state index in [0.29, 0.717) is 11.4 Å². The van der Waals surface area contributed by atoms with Crippen LogP contribution in [0.15, 0.2) is 79.1 Å². The summed E-state index contributed by atoms with van der Waals surface area (Å²) in [5, 5.41) is 12.0. The molecule has 0 bridgehead atoms. The number of halogens is 6. The summed E-state index contributed by atoms with van der Waals surface area (Å²) in [7, 11) is 0.104. The maximum atomic E-state index is 12.2. The maximum absolute atomic E-state index is 12.2. The van der Waals surface area contributed by atoms with Crippen molar-refractivity contribution in [3.05, 3.63) is 90.8 Å². The maximum Gasteiger partial charge on any atom is 2.00 e. The third-order valence-corrected chi connectivity index (χ3v) is 5.90. The molecule has 8 nitrogen and oxygen atoms in total. The SMILES string of the molecule is CP(C)c1ccccc1.FC(F)(F)c1nc(-c2ccccn2)n[nH]1.FC(F)(F)c1nc(-c2ccccn2)n[nH]1.[Os+2]. The number of benzene rings is 1. The van der Waals surface area contributed by atoms with Crippen molar-refractivity contribution in [2.24, 2.45) is 0 Å². The third-order valence-electron chi connectivity index (χ3n) is 4.57. The first kappa shape index (κ1) is 32.7. The fourth-order valence-electron chi connectivity index (χ4n) is 2.72. The molecule has 40 heavy (non-hydrogen) atoms. The van der Waals surface area contributed by atoms with E-state index in [0.717, 1.165) is 0 Å². The number of nitrogens with zero attached hydrogens (tertiary/aromatic N) is 6. The molecule has 16 heteroatoms. The number of aromatic nitrogens is 8. The summed E-state index contributed by atoms with van der Waals surface area (Å²) in [6.07, 6.45) is -6.11. The molecule has 0 aliphatic heterocycles. The molecular formula is C24H21F6N8OsP+2. The van der Waals surface area contributed by atoms with Crippen molar-refractivity contribution in [2.75, 3.05) is 13.3 Å². The fourth-order valence-corrected chi connectivity index (χ4v) is 3.49. The second kappa shape index (κ2) is 14.7. The number of H-pyrrole nitrogens is 2. The Morgan fingerprint density at radius 2 is 1.00 bits per heavy atom. The first-order valence-electron chi connectivity index (χ1n) is 11.0. The van der Waals surface area contributed by atoms with Crippen LogP contribution >= 0.6 is 7.92 Å². The molecule has 210 valence electrons. The summed E-state index contributed by atoms with van der Waals surface area (Å²) >= 11 is 0. The molecule has 0 spiro atoms. The van der Waals surface area contributed by atoms with Gasteiger partial charge in [0.25, 0.3) is 0 Å². The van der Waals surface area contributed by atoms with E-state index in [-0.39, 0.29) is 39.4 Å². The molecule has 1 aromatic carbocycles. The molecule has 0 saturated carbocycles. The van der Waals surface area contributed by atoms with Gasteiger partial charge in [-0.25, -0.2) is 9.97 Å². The van der Waals surface area contributed by atoms with Crippen molar-refractivity contribution in [1.29, 1.82) is 0 Å². The molecule has 0 saturated heterocycles. The van der Waals surface area contributed by atoms with E-state index in [2.05, 4.69) is 73.8 Å². The van der Waals surface area contributed by atoms with E-state index in [1.165, 1.54) is 29.8 Å². The minimum absolute atomic E-state index is 0. The number of pyridine rings is 2. The van der Waals surface area contributed by atoms with E-state index < -0.39 is 24.0 Å². The van der Waals surface area contributed by atoms with Gasteiger partial charge in [0.2, 0.25) is 11.6 Å². The van der Waals surface area contributed by atoms with E-state index >= 15 is 0 Å². The predicted molar refractivity (Wildman–Crippen MR) is 134 cm³/mol. The van der Waals surface area contributed by atoms with Gasteiger partial charge in [0, 0.05) is 12.4 Å². The van der Waals surface area contributed by atoms with E-state index in [1.54, 1.807) is 24.3 Å². The molecule has 0 fully saturated rings. The molecular weight excluding hydrogens is 736 g/mol. The second-order valence-corrected chi connectivity index (χ2v) is 9.98. The van der Waals surface area contributed by atoms with Gasteiger partial charge in [0.1, 0.15) is 11.4 Å². The first-order valence-corrected chi connectivity index (χ1v) is 13.2. The van der Waals surface area contributed by atoms with Gasteiger partial charge in [0.05, 0.1) is 0 Å². The summed E-state index contributed by atoms with van der Waals surface area (Å²) in [5.41, 5.74) is 0.591. The average molecular weight is 757 g/mol. The zero-order chi connectivity index (χ0) is 28.5. The van der Waals surface area contributed by atoms with Crippen LogP contribution in [0.2, 0.25) is 0 Å². The van der Waals surface area contributed by atoms with E-state index in [4.69, 9.17) is 0 Å². The Morgan fingerprint density at radius 3 is 1.27 bits per heavy atom. The average Bonchev–Trinajstić information content (AvgIpc) is 3.62. The Bertz CT molecular complexity index is 1320. The van der Waals surface area contributed by atoms with E-state index in [9.17, 15) is 26.3 Å². The van der Waals surface area contributed by atoms with Crippen molar-refractivity contribution in [3.8, 4) is 23.0 Å². The summed E-state index contributed by atoms with van der Waals surface area (Å²) in [6, 6.07) is 20.3. The van der Waals surface area contributed by atoms with Gasteiger partial charge in [-0.05, 0) is 42.9 Å². The smallest absolute Gasteiger partial charge is 0.255 e. The number of hydrogen-bond donors (Lipinski definition) is 2. The number of rotatable bonds is 3. The van der Waals surface area contributed by atoms with Crippen molar-refractivity contribution in [2.45, 2.75) is 12.4 Å². The molecule has 0 atom stereocenters. The Kier molecular flexibility index (Phi) is 12.0. The van der Waals surface area contributed by atoms with Crippen molar-refractivity contribution < 1.29 is 46.1 Å². The Morgan fingerprint density at radius 1 is 0.600 bits per heavy atom. The van der Waals surface area contributed by atoms with Gasteiger partial charge in [-0.1, -0.05) is 50.4 Å². The molecule has 0 unspecified atom stereocenters. The van der Waals surface area contributed by atoms with Crippen LogP contribution in [-0.2, 0) is 32.1 Å². The number of aromatic amines is 2. The van der Waals surface area contributed by atoms with Crippen molar-refractivity contribution >= 4 is 13.2 Å². The van der Waals surface area contributed by atoms with Crippen LogP contribution in [0, 0.1) is 0 Å². The number of hydrogen-bond acceptors (Lipinski definition) is 6. The summed E-state index contributed by atoms with van der Waals surface area (Å²) < 4.78 is 73.0.